The summed E-state index contributed by atoms with van der Waals surface area (Å²) in [6.45, 7) is -0.0604. The Kier molecular flexibility index (Phi) is 2.64. The second-order valence-electron chi connectivity index (χ2n) is 4.22. The van der Waals surface area contributed by atoms with E-state index >= 15 is 0 Å². The average molecular weight is 270 g/mol. The number of aromatic amines is 1. The van der Waals surface area contributed by atoms with E-state index in [4.69, 9.17) is 9.47 Å². The molecule has 2 fully saturated rings. The van der Waals surface area contributed by atoms with Crippen LogP contribution in [0, 0.1) is 0 Å². The van der Waals surface area contributed by atoms with E-state index in [1.54, 1.807) is 0 Å². The molecule has 2 aliphatic heterocycles. The van der Waals surface area contributed by atoms with Crippen molar-refractivity contribution in [2.24, 2.45) is 0 Å². The van der Waals surface area contributed by atoms with Crippen LogP contribution >= 0.6 is 0 Å². The number of H-pyrrole nitrogens is 1. The van der Waals surface area contributed by atoms with Crippen molar-refractivity contribution in [3.63, 3.8) is 0 Å². The molecule has 0 aliphatic carbocycles. The summed E-state index contributed by atoms with van der Waals surface area (Å²) >= 11 is 0. The molecule has 9 heteroatoms. The molecule has 2 saturated heterocycles. The zero-order valence-electron chi connectivity index (χ0n) is 9.52. The van der Waals surface area contributed by atoms with Gasteiger partial charge >= 0.3 is 11.8 Å². The Labute approximate surface area is 105 Å². The van der Waals surface area contributed by atoms with E-state index in [-0.39, 0.29) is 6.61 Å². The van der Waals surface area contributed by atoms with Crippen molar-refractivity contribution in [2.75, 3.05) is 6.61 Å². The van der Waals surface area contributed by atoms with Gasteiger partial charge in [-0.15, -0.1) is 0 Å². The molecule has 0 amide bonds. The molecule has 3 rings (SSSR count). The molecule has 0 unspecified atom stereocenters. The van der Waals surface area contributed by atoms with Gasteiger partial charge in [-0.05, 0) is 0 Å². The van der Waals surface area contributed by atoms with Crippen LogP contribution in [0.1, 0.15) is 6.23 Å². The van der Waals surface area contributed by atoms with Gasteiger partial charge in [0, 0.05) is 12.3 Å². The standard InChI is InChI=1S/C10H10N2O7/c13-5-1-2-12(9(15)11-5)8-6(14)7-4(18-8)3-17-10(16)19-7/h1-2,4,6-8,14H,3H2,(H,11,13,15)/t4-,6+,7-,8-/m1/s1. The summed E-state index contributed by atoms with van der Waals surface area (Å²) in [6.07, 6.45) is -3.51. The number of hydrogen-bond donors (Lipinski definition) is 2. The monoisotopic (exact) mass is 270 g/mol. The summed E-state index contributed by atoms with van der Waals surface area (Å²) in [5.74, 6) is 0. The summed E-state index contributed by atoms with van der Waals surface area (Å²) < 4.78 is 15.9. The molecule has 3 heterocycles. The molecule has 9 nitrogen and oxygen atoms in total. The average Bonchev–Trinajstić information content (AvgIpc) is 2.67. The minimum Gasteiger partial charge on any atom is -0.431 e. The van der Waals surface area contributed by atoms with Gasteiger partial charge in [-0.25, -0.2) is 9.59 Å². The first kappa shape index (κ1) is 11.9. The SMILES string of the molecule is O=C1OC[C@H]2O[C@@H](n3ccc(=O)[nH]c3=O)[C@@H](O)[C@@H]2O1. The number of aliphatic hydroxyl groups excluding tert-OH is 1. The van der Waals surface area contributed by atoms with E-state index in [0.29, 0.717) is 0 Å². The largest absolute Gasteiger partial charge is 0.508 e. The number of ether oxygens (including phenoxy) is 3. The Bertz CT molecular complexity index is 621. The van der Waals surface area contributed by atoms with Crippen molar-refractivity contribution in [3.05, 3.63) is 33.1 Å². The van der Waals surface area contributed by atoms with Gasteiger partial charge in [0.05, 0.1) is 0 Å². The summed E-state index contributed by atoms with van der Waals surface area (Å²) in [4.78, 5) is 35.6. The molecule has 102 valence electrons. The highest BCUT2D eigenvalue weighted by Crippen LogP contribution is 2.32. The number of nitrogens with zero attached hydrogens (tertiary/aromatic N) is 1. The maximum atomic E-state index is 11.6. The Morgan fingerprint density at radius 1 is 1.37 bits per heavy atom. The quantitative estimate of drug-likeness (QED) is 0.585. The van der Waals surface area contributed by atoms with Crippen LogP contribution in [0.4, 0.5) is 4.79 Å². The van der Waals surface area contributed by atoms with E-state index in [1.807, 2.05) is 4.98 Å². The fourth-order valence-corrected chi connectivity index (χ4v) is 2.15. The number of carbonyl (C=O) groups excluding carboxylic acids is 1. The smallest absolute Gasteiger partial charge is 0.431 e. The fourth-order valence-electron chi connectivity index (χ4n) is 2.15. The molecule has 2 N–H and O–H groups in total. The Balaban J connectivity index is 1.92. The number of aromatic nitrogens is 2. The highest BCUT2D eigenvalue weighted by atomic mass is 16.8. The topological polar surface area (TPSA) is 120 Å². The molecule has 0 spiro atoms. The van der Waals surface area contributed by atoms with Crippen LogP contribution in [0.2, 0.25) is 0 Å². The molecule has 0 bridgehead atoms. The summed E-state index contributed by atoms with van der Waals surface area (Å²) in [6, 6.07) is 1.13. The molecule has 1 aromatic rings. The number of aliphatic hydroxyl groups is 1. The van der Waals surface area contributed by atoms with Crippen molar-refractivity contribution in [1.82, 2.24) is 9.55 Å². The minimum absolute atomic E-state index is 0.0604. The molecule has 2 aliphatic rings. The lowest BCUT2D eigenvalue weighted by atomic mass is 10.1. The van der Waals surface area contributed by atoms with Crippen LogP contribution in [-0.2, 0) is 14.2 Å². The maximum Gasteiger partial charge on any atom is 0.508 e. The first-order valence-electron chi connectivity index (χ1n) is 5.54. The lowest BCUT2D eigenvalue weighted by molar-refractivity contribution is -0.0988. The van der Waals surface area contributed by atoms with Crippen molar-refractivity contribution in [1.29, 1.82) is 0 Å². The summed E-state index contributed by atoms with van der Waals surface area (Å²) in [5.41, 5.74) is -1.27. The van der Waals surface area contributed by atoms with Gasteiger partial charge in [0.25, 0.3) is 5.56 Å². The molecule has 0 saturated carbocycles. The number of fused-ring (bicyclic) bond motifs is 1. The van der Waals surface area contributed by atoms with Crippen LogP contribution in [0.25, 0.3) is 0 Å². The molecule has 4 atom stereocenters. The maximum absolute atomic E-state index is 11.6. The zero-order valence-corrected chi connectivity index (χ0v) is 9.52. The van der Waals surface area contributed by atoms with Crippen LogP contribution in [0.15, 0.2) is 21.9 Å². The third-order valence-electron chi connectivity index (χ3n) is 3.03. The number of rotatable bonds is 1. The highest BCUT2D eigenvalue weighted by molar-refractivity contribution is 5.61. The van der Waals surface area contributed by atoms with E-state index in [1.165, 1.54) is 6.20 Å². The van der Waals surface area contributed by atoms with Gasteiger partial charge in [-0.1, -0.05) is 0 Å². The summed E-state index contributed by atoms with van der Waals surface area (Å²) in [7, 11) is 0. The predicted molar refractivity (Wildman–Crippen MR) is 57.5 cm³/mol. The zero-order chi connectivity index (χ0) is 13.6. The first-order valence-corrected chi connectivity index (χ1v) is 5.54. The Morgan fingerprint density at radius 2 is 2.16 bits per heavy atom. The third kappa shape index (κ3) is 1.92. The van der Waals surface area contributed by atoms with Gasteiger partial charge in [-0.3, -0.25) is 14.3 Å². The molecule has 0 radical (unpaired) electrons. The second kappa shape index (κ2) is 4.21. The minimum atomic E-state index is -1.22. The lowest BCUT2D eigenvalue weighted by Crippen LogP contribution is -2.43. The predicted octanol–water partition coefficient (Wildman–Crippen LogP) is -1.67. The van der Waals surface area contributed by atoms with E-state index < -0.39 is 41.9 Å². The highest BCUT2D eigenvalue weighted by Gasteiger charge is 2.50. The number of carbonyl (C=O) groups is 1. The molecule has 0 aromatic carbocycles. The number of hydrogen-bond acceptors (Lipinski definition) is 7. The number of cyclic esters (lactones) is 1. The van der Waals surface area contributed by atoms with Crippen LogP contribution in [0.3, 0.4) is 0 Å². The van der Waals surface area contributed by atoms with E-state index in [9.17, 15) is 19.5 Å². The van der Waals surface area contributed by atoms with Gasteiger partial charge in [0.15, 0.2) is 12.3 Å². The van der Waals surface area contributed by atoms with Crippen molar-refractivity contribution < 1.29 is 24.1 Å². The van der Waals surface area contributed by atoms with Crippen LogP contribution < -0.4 is 11.2 Å². The summed E-state index contributed by atoms with van der Waals surface area (Å²) in [5, 5.41) is 10.0. The number of nitrogens with one attached hydrogen (secondary N) is 1. The Hall–Kier alpha value is -2.13. The fraction of sp³-hybridized carbons (Fsp3) is 0.500. The lowest BCUT2D eigenvalue weighted by Gasteiger charge is -2.24. The first-order chi connectivity index (χ1) is 9.06. The van der Waals surface area contributed by atoms with E-state index in [2.05, 4.69) is 4.74 Å². The molecular weight excluding hydrogens is 260 g/mol. The van der Waals surface area contributed by atoms with Gasteiger partial charge < -0.3 is 19.3 Å². The molecular formula is C10H10N2O7. The normalized spacial score (nSPS) is 33.4. The van der Waals surface area contributed by atoms with Crippen LogP contribution in [0.5, 0.6) is 0 Å². The van der Waals surface area contributed by atoms with Crippen molar-refractivity contribution in [2.45, 2.75) is 24.5 Å². The molecule has 1 aromatic heterocycles. The van der Waals surface area contributed by atoms with Gasteiger partial charge in [-0.2, -0.15) is 0 Å². The van der Waals surface area contributed by atoms with Gasteiger partial charge in [0.1, 0.15) is 18.8 Å². The molecule has 19 heavy (non-hydrogen) atoms. The third-order valence-corrected chi connectivity index (χ3v) is 3.03. The van der Waals surface area contributed by atoms with Crippen LogP contribution in [-0.4, -0.2) is 45.7 Å². The second-order valence-corrected chi connectivity index (χ2v) is 4.22. The van der Waals surface area contributed by atoms with Crippen molar-refractivity contribution in [3.8, 4) is 0 Å². The Morgan fingerprint density at radius 3 is 2.89 bits per heavy atom. The van der Waals surface area contributed by atoms with Gasteiger partial charge in [0.2, 0.25) is 0 Å². The van der Waals surface area contributed by atoms with Crippen molar-refractivity contribution >= 4 is 6.16 Å². The van der Waals surface area contributed by atoms with E-state index in [0.717, 1.165) is 10.6 Å².